The van der Waals surface area contributed by atoms with E-state index in [4.69, 9.17) is 4.99 Å². The van der Waals surface area contributed by atoms with Crippen molar-refractivity contribution in [1.82, 2.24) is 0 Å². The molecule has 1 unspecified atom stereocenters. The van der Waals surface area contributed by atoms with Crippen molar-refractivity contribution in [2.45, 2.75) is 64.8 Å². The average Bonchev–Trinajstić information content (AvgIpc) is 2.19. The van der Waals surface area contributed by atoms with E-state index in [2.05, 4.69) is 20.1 Å². The smallest absolute Gasteiger partial charge is 0.0519 e. The highest BCUT2D eigenvalue weighted by Crippen LogP contribution is 2.42. The molecule has 2 rings (SSSR count). The van der Waals surface area contributed by atoms with Crippen LogP contribution >= 0.6 is 0 Å². The van der Waals surface area contributed by atoms with Gasteiger partial charge < -0.3 is 0 Å². The van der Waals surface area contributed by atoms with Gasteiger partial charge in [-0.1, -0.05) is 33.1 Å². The van der Waals surface area contributed by atoms with Gasteiger partial charge >= 0.3 is 0 Å². The van der Waals surface area contributed by atoms with Gasteiger partial charge in [-0.3, -0.25) is 4.99 Å². The van der Waals surface area contributed by atoms with Crippen molar-refractivity contribution < 1.29 is 0 Å². The number of aliphatic imine (C=N–C) groups is 1. The highest BCUT2D eigenvalue weighted by Gasteiger charge is 2.34. The van der Waals surface area contributed by atoms with Crippen LogP contribution in [0.15, 0.2) is 4.99 Å². The zero-order chi connectivity index (χ0) is 10.0. The van der Waals surface area contributed by atoms with Crippen LogP contribution in [0.2, 0.25) is 0 Å². The van der Waals surface area contributed by atoms with E-state index in [1.54, 1.807) is 0 Å². The van der Waals surface area contributed by atoms with E-state index in [9.17, 15) is 0 Å². The number of hydrogen-bond acceptors (Lipinski definition) is 1. The molecule has 1 nitrogen and oxygen atoms in total. The topological polar surface area (TPSA) is 12.4 Å². The summed E-state index contributed by atoms with van der Waals surface area (Å²) >= 11 is 0. The standard InChI is InChI=1S/C13H23N/c1-11(2)12-6-9-13(10-14-12)7-4-3-5-8-13/h10-12H,3-9H2,1-2H3. The molecule has 0 amide bonds. The minimum atomic E-state index is 0.531. The van der Waals surface area contributed by atoms with E-state index in [0.29, 0.717) is 11.5 Å². The first-order valence-corrected chi connectivity index (χ1v) is 6.26. The van der Waals surface area contributed by atoms with Gasteiger partial charge in [0.2, 0.25) is 0 Å². The van der Waals surface area contributed by atoms with Gasteiger partial charge in [0, 0.05) is 11.6 Å². The molecule has 1 heterocycles. The lowest BCUT2D eigenvalue weighted by molar-refractivity contribution is 0.236. The van der Waals surface area contributed by atoms with Gasteiger partial charge in [-0.25, -0.2) is 0 Å². The minimum absolute atomic E-state index is 0.531. The summed E-state index contributed by atoms with van der Waals surface area (Å²) in [6.45, 7) is 4.59. The van der Waals surface area contributed by atoms with Crippen molar-refractivity contribution in [3.05, 3.63) is 0 Å². The number of rotatable bonds is 1. The van der Waals surface area contributed by atoms with E-state index in [1.165, 1.54) is 44.9 Å². The maximum Gasteiger partial charge on any atom is 0.0519 e. The fourth-order valence-corrected chi connectivity index (χ4v) is 2.97. The van der Waals surface area contributed by atoms with Crippen LogP contribution < -0.4 is 0 Å². The molecule has 0 aromatic heterocycles. The van der Waals surface area contributed by atoms with Crippen molar-refractivity contribution in [1.29, 1.82) is 0 Å². The second-order valence-corrected chi connectivity index (χ2v) is 5.55. The van der Waals surface area contributed by atoms with E-state index < -0.39 is 0 Å². The highest BCUT2D eigenvalue weighted by molar-refractivity contribution is 5.67. The second kappa shape index (κ2) is 4.04. The Bertz CT molecular complexity index is 211. The van der Waals surface area contributed by atoms with Crippen molar-refractivity contribution in [3.63, 3.8) is 0 Å². The predicted octanol–water partition coefficient (Wildman–Crippen LogP) is 3.83. The lowest BCUT2D eigenvalue weighted by Gasteiger charge is -2.38. The van der Waals surface area contributed by atoms with E-state index in [0.717, 1.165) is 5.92 Å². The van der Waals surface area contributed by atoms with Crippen LogP contribution in [0, 0.1) is 11.3 Å². The zero-order valence-electron chi connectivity index (χ0n) is 9.63. The van der Waals surface area contributed by atoms with Crippen LogP contribution in [-0.2, 0) is 0 Å². The molecule has 1 aliphatic heterocycles. The van der Waals surface area contributed by atoms with Crippen LogP contribution in [0.1, 0.15) is 58.8 Å². The monoisotopic (exact) mass is 193 g/mol. The lowest BCUT2D eigenvalue weighted by Crippen LogP contribution is -2.32. The van der Waals surface area contributed by atoms with Crippen molar-refractivity contribution >= 4 is 6.21 Å². The normalized spacial score (nSPS) is 31.2. The average molecular weight is 193 g/mol. The summed E-state index contributed by atoms with van der Waals surface area (Å²) in [5.74, 6) is 0.729. The van der Waals surface area contributed by atoms with Crippen molar-refractivity contribution in [2.24, 2.45) is 16.3 Å². The first-order valence-electron chi connectivity index (χ1n) is 6.26. The third-order valence-corrected chi connectivity index (χ3v) is 4.10. The number of nitrogens with zero attached hydrogens (tertiary/aromatic N) is 1. The largest absolute Gasteiger partial charge is 0.293 e. The molecule has 14 heavy (non-hydrogen) atoms. The fourth-order valence-electron chi connectivity index (χ4n) is 2.97. The minimum Gasteiger partial charge on any atom is -0.293 e. The molecule has 0 N–H and O–H groups in total. The quantitative estimate of drug-likeness (QED) is 0.600. The second-order valence-electron chi connectivity index (χ2n) is 5.55. The molecule has 0 radical (unpaired) electrons. The first-order chi connectivity index (χ1) is 6.72. The SMILES string of the molecule is CC(C)C1CCC2(C=N1)CCCCC2. The van der Waals surface area contributed by atoms with Gasteiger partial charge in [-0.2, -0.15) is 0 Å². The third-order valence-electron chi connectivity index (χ3n) is 4.10. The van der Waals surface area contributed by atoms with Gasteiger partial charge in [-0.15, -0.1) is 0 Å². The Labute approximate surface area is 88.0 Å². The fraction of sp³-hybridized carbons (Fsp3) is 0.923. The van der Waals surface area contributed by atoms with Gasteiger partial charge in [-0.05, 0) is 31.6 Å². The molecular weight excluding hydrogens is 170 g/mol. The summed E-state index contributed by atoms with van der Waals surface area (Å²) < 4.78 is 0. The van der Waals surface area contributed by atoms with E-state index >= 15 is 0 Å². The maximum atomic E-state index is 4.78. The molecule has 0 aromatic rings. The van der Waals surface area contributed by atoms with E-state index in [1.807, 2.05) is 0 Å². The molecule has 0 bridgehead atoms. The Morgan fingerprint density at radius 3 is 2.36 bits per heavy atom. The molecule has 1 atom stereocenters. The molecular formula is C13H23N. The van der Waals surface area contributed by atoms with Crippen LogP contribution in [-0.4, -0.2) is 12.3 Å². The highest BCUT2D eigenvalue weighted by atomic mass is 14.8. The number of hydrogen-bond donors (Lipinski definition) is 0. The summed E-state index contributed by atoms with van der Waals surface area (Å²) in [5.41, 5.74) is 0.531. The maximum absolute atomic E-state index is 4.78. The van der Waals surface area contributed by atoms with Gasteiger partial charge in [0.1, 0.15) is 0 Å². The summed E-state index contributed by atoms with van der Waals surface area (Å²) in [7, 11) is 0. The van der Waals surface area contributed by atoms with Crippen LogP contribution in [0.25, 0.3) is 0 Å². The Morgan fingerprint density at radius 2 is 1.86 bits per heavy atom. The summed E-state index contributed by atoms with van der Waals surface area (Å²) in [5, 5.41) is 0. The molecule has 2 aliphatic rings. The van der Waals surface area contributed by atoms with Crippen molar-refractivity contribution in [3.8, 4) is 0 Å². The lowest BCUT2D eigenvalue weighted by atomic mass is 9.69. The summed E-state index contributed by atoms with van der Waals surface area (Å²) in [4.78, 5) is 4.78. The van der Waals surface area contributed by atoms with Gasteiger partial charge in [0.15, 0.2) is 0 Å². The summed E-state index contributed by atoms with van der Waals surface area (Å²) in [6.07, 6.45) is 12.2. The molecule has 80 valence electrons. The van der Waals surface area contributed by atoms with Crippen LogP contribution in [0.4, 0.5) is 0 Å². The Kier molecular flexibility index (Phi) is 2.94. The van der Waals surface area contributed by atoms with Gasteiger partial charge in [0.05, 0.1) is 6.04 Å². The molecule has 0 saturated heterocycles. The third kappa shape index (κ3) is 2.02. The molecule has 1 fully saturated rings. The molecule has 1 aliphatic carbocycles. The van der Waals surface area contributed by atoms with Crippen LogP contribution in [0.5, 0.6) is 0 Å². The Hall–Kier alpha value is -0.330. The Balaban J connectivity index is 2.01. The van der Waals surface area contributed by atoms with Crippen LogP contribution in [0.3, 0.4) is 0 Å². The predicted molar refractivity (Wildman–Crippen MR) is 61.9 cm³/mol. The Morgan fingerprint density at radius 1 is 1.14 bits per heavy atom. The molecule has 0 aromatic carbocycles. The van der Waals surface area contributed by atoms with E-state index in [-0.39, 0.29) is 0 Å². The molecule has 1 spiro atoms. The molecule has 1 heteroatoms. The summed E-state index contributed by atoms with van der Waals surface area (Å²) in [6, 6.07) is 0.613. The first kappa shape index (κ1) is 10.2. The zero-order valence-corrected chi connectivity index (χ0v) is 9.63. The van der Waals surface area contributed by atoms with Gasteiger partial charge in [0.25, 0.3) is 0 Å². The van der Waals surface area contributed by atoms with Crippen molar-refractivity contribution in [2.75, 3.05) is 0 Å². The molecule has 1 saturated carbocycles.